The zero-order valence-electron chi connectivity index (χ0n) is 22.7. The number of para-hydroxylation sites is 3. The first kappa shape index (κ1) is 40.3. The number of hydrogen-bond acceptors (Lipinski definition) is 10. The predicted octanol–water partition coefficient (Wildman–Crippen LogP) is -2.35. The third-order valence-corrected chi connectivity index (χ3v) is 6.97. The number of carboxylic acid groups (broad SMARTS) is 2. The third kappa shape index (κ3) is 12.0. The first-order valence-electron chi connectivity index (χ1n) is 11.1. The van der Waals surface area contributed by atoms with Gasteiger partial charge in [-0.1, -0.05) is 30.3 Å². The Hall–Kier alpha value is -1.81. The van der Waals surface area contributed by atoms with Crippen molar-refractivity contribution in [1.29, 1.82) is 0 Å². The van der Waals surface area contributed by atoms with Gasteiger partial charge in [0, 0.05) is 10.3 Å². The number of carboxylic acids is 2. The number of halogens is 1. The van der Waals surface area contributed by atoms with E-state index in [0.29, 0.717) is 6.42 Å². The molecular formula is C25H33ClN3NaO8S2. The van der Waals surface area contributed by atoms with Crippen LogP contribution in [0.15, 0.2) is 52.9 Å². The number of phenolic OH excluding ortho intramolecular Hbond substituents is 1. The zero-order valence-corrected chi connectivity index (χ0v) is 27.2. The monoisotopic (exact) mass is 625 g/mol. The molecule has 0 radical (unpaired) electrons. The minimum Gasteiger partial charge on any atom is -0.870 e. The minimum atomic E-state index is -1.10. The van der Waals surface area contributed by atoms with Gasteiger partial charge >= 0.3 is 35.5 Å². The van der Waals surface area contributed by atoms with Crippen molar-refractivity contribution in [2.24, 2.45) is 5.73 Å². The van der Waals surface area contributed by atoms with Crippen LogP contribution in [-0.2, 0) is 16.0 Å². The molecule has 2 atom stereocenters. The van der Waals surface area contributed by atoms with Crippen molar-refractivity contribution in [2.45, 2.75) is 55.7 Å². The molecule has 0 spiro atoms. The molecule has 0 bridgehead atoms. The number of rotatable bonds is 5. The van der Waals surface area contributed by atoms with Gasteiger partial charge < -0.3 is 41.2 Å². The maximum absolute atomic E-state index is 11.0. The molecular weight excluding hydrogens is 593 g/mol. The quantitative estimate of drug-likeness (QED) is 0.150. The number of carbonyl (C=O) groups excluding carboxylic acids is 1. The summed E-state index contributed by atoms with van der Waals surface area (Å²) in [5, 5.41) is 30.1. The molecule has 4 rings (SSSR count). The van der Waals surface area contributed by atoms with Crippen LogP contribution in [0.4, 0.5) is 0 Å². The summed E-state index contributed by atoms with van der Waals surface area (Å²) in [6.07, 6.45) is 0.505. The van der Waals surface area contributed by atoms with Gasteiger partial charge in [0.1, 0.15) is 23.3 Å². The summed E-state index contributed by atoms with van der Waals surface area (Å²) in [7, 11) is 0. The van der Waals surface area contributed by atoms with Crippen LogP contribution in [0.2, 0.25) is 5.35 Å². The van der Waals surface area contributed by atoms with Crippen LogP contribution in [0, 0.1) is 0 Å². The molecule has 1 aliphatic heterocycles. The SMILES string of the molecule is CC(C)(S)[C@H](N)C(=O)O.CC1(C)SC(Cc2ccccc2O)=[NH+][C@@H]1C(=O)[O-].Clc1nc2ccccc2o1.O.[Na+].[OH-]. The number of oxazole rings is 1. The van der Waals surface area contributed by atoms with Gasteiger partial charge in [0.05, 0.1) is 11.2 Å². The molecule has 0 amide bonds. The maximum Gasteiger partial charge on any atom is 1.00 e. The van der Waals surface area contributed by atoms with Gasteiger partial charge in [-0.2, -0.15) is 17.6 Å². The Balaban J connectivity index is 0. The fourth-order valence-corrected chi connectivity index (χ4v) is 4.75. The van der Waals surface area contributed by atoms with Gasteiger partial charge in [0.2, 0.25) is 11.1 Å². The summed E-state index contributed by atoms with van der Waals surface area (Å²) in [6, 6.07) is 12.9. The average molecular weight is 626 g/mol. The zero-order chi connectivity index (χ0) is 28.0. The van der Waals surface area contributed by atoms with Crippen molar-refractivity contribution in [1.82, 2.24) is 4.98 Å². The van der Waals surface area contributed by atoms with E-state index < -0.39 is 33.5 Å². The number of aliphatic carboxylic acids is 2. The van der Waals surface area contributed by atoms with Crippen molar-refractivity contribution < 1.29 is 74.8 Å². The molecule has 11 nitrogen and oxygen atoms in total. The van der Waals surface area contributed by atoms with E-state index in [1.54, 1.807) is 26.0 Å². The fraction of sp³-hybridized carbons (Fsp3) is 0.360. The molecule has 0 saturated carbocycles. The van der Waals surface area contributed by atoms with Crippen LogP contribution in [0.5, 0.6) is 5.75 Å². The normalized spacial score (nSPS) is 15.8. The van der Waals surface area contributed by atoms with Gasteiger partial charge in [-0.05, 0) is 69.3 Å². The Morgan fingerprint density at radius 3 is 2.25 bits per heavy atom. The number of aromatic hydroxyl groups is 1. The van der Waals surface area contributed by atoms with Crippen LogP contribution in [0.3, 0.4) is 0 Å². The second-order valence-corrected chi connectivity index (χ2v) is 12.5. The molecule has 2 aromatic carbocycles. The van der Waals surface area contributed by atoms with Crippen LogP contribution < -0.4 is 45.4 Å². The Bertz CT molecular complexity index is 1250. The van der Waals surface area contributed by atoms with Crippen molar-refractivity contribution in [3.8, 4) is 5.75 Å². The number of thioether (sulfide) groups is 1. The predicted molar refractivity (Wildman–Crippen MR) is 151 cm³/mol. The summed E-state index contributed by atoms with van der Waals surface area (Å²) in [4.78, 5) is 28.1. The Labute approximate surface area is 268 Å². The maximum atomic E-state index is 11.0. The molecule has 0 aliphatic carbocycles. The van der Waals surface area contributed by atoms with Crippen molar-refractivity contribution >= 4 is 64.1 Å². The number of phenols is 1. The summed E-state index contributed by atoms with van der Waals surface area (Å²) in [6.45, 7) is 7.05. The van der Waals surface area contributed by atoms with E-state index in [1.165, 1.54) is 11.8 Å². The second kappa shape index (κ2) is 17.2. The van der Waals surface area contributed by atoms with Crippen LogP contribution >= 0.6 is 36.0 Å². The third-order valence-electron chi connectivity index (χ3n) is 5.26. The number of benzene rings is 2. The van der Waals surface area contributed by atoms with Gasteiger partial charge in [0.15, 0.2) is 5.58 Å². The standard InChI is InChI=1S/C13H15NO3S.C7H4ClNO.C5H11NO2S.Na.2H2O/c1-13(2)11(12(16)17)14-10(18-13)7-8-5-3-4-6-9(8)15;8-7-9-5-3-1-2-4-6(5)10-7;1-5(2,9)3(6)4(7)8;;;/h3-6,11,15H,7H2,1-2H3,(H,16,17);1-4H;3,9H,6H2,1-2H3,(H,7,8);;2*1H2/q;;;+1;;/p-1/t11-;;3-;;;/m1.1.../s1. The van der Waals surface area contributed by atoms with E-state index in [-0.39, 0.29) is 51.6 Å². The first-order valence-corrected chi connectivity index (χ1v) is 12.8. The van der Waals surface area contributed by atoms with E-state index in [2.05, 4.69) is 22.6 Å². The molecule has 216 valence electrons. The smallest absolute Gasteiger partial charge is 0.870 e. The molecule has 1 aromatic heterocycles. The molecule has 0 unspecified atom stereocenters. The fourth-order valence-electron chi connectivity index (χ4n) is 3.15. The Morgan fingerprint density at radius 2 is 1.80 bits per heavy atom. The van der Waals surface area contributed by atoms with E-state index in [4.69, 9.17) is 26.9 Å². The van der Waals surface area contributed by atoms with Crippen LogP contribution in [0.25, 0.3) is 11.1 Å². The minimum absolute atomic E-state index is 0. The number of nitrogens with zero attached hydrogens (tertiary/aromatic N) is 1. The van der Waals surface area contributed by atoms with Crippen molar-refractivity contribution in [3.63, 3.8) is 0 Å². The Morgan fingerprint density at radius 1 is 1.25 bits per heavy atom. The van der Waals surface area contributed by atoms with Crippen LogP contribution in [0.1, 0.15) is 33.3 Å². The van der Waals surface area contributed by atoms with E-state index in [9.17, 15) is 19.8 Å². The van der Waals surface area contributed by atoms with E-state index >= 15 is 0 Å². The number of fused-ring (bicyclic) bond motifs is 1. The summed E-state index contributed by atoms with van der Waals surface area (Å²) < 4.78 is 3.93. The molecule has 3 aromatic rings. The number of thiol groups is 1. The average Bonchev–Trinajstić information content (AvgIpc) is 3.32. The van der Waals surface area contributed by atoms with Crippen molar-refractivity contribution in [3.05, 3.63) is 59.4 Å². The summed E-state index contributed by atoms with van der Waals surface area (Å²) >= 11 is 11.0. The second-order valence-electron chi connectivity index (χ2n) is 9.23. The molecule has 0 saturated heterocycles. The van der Waals surface area contributed by atoms with Gasteiger partial charge in [-0.15, -0.1) is 0 Å². The molecule has 2 heterocycles. The van der Waals surface area contributed by atoms with E-state index in [0.717, 1.165) is 21.7 Å². The molecule has 15 heteroatoms. The number of nitrogens with two attached hydrogens (primary N) is 1. The summed E-state index contributed by atoms with van der Waals surface area (Å²) in [5.41, 5.74) is 7.53. The van der Waals surface area contributed by atoms with Crippen LogP contribution in [-0.4, -0.2) is 64.7 Å². The number of hydrogen-bond donors (Lipinski definition) is 5. The Kier molecular flexibility index (Phi) is 17.4. The first-order chi connectivity index (χ1) is 17.1. The molecule has 40 heavy (non-hydrogen) atoms. The molecule has 0 fully saturated rings. The van der Waals surface area contributed by atoms with E-state index in [1.807, 2.05) is 50.2 Å². The largest absolute Gasteiger partial charge is 1.00 e. The van der Waals surface area contributed by atoms with Crippen molar-refractivity contribution in [2.75, 3.05) is 0 Å². The van der Waals surface area contributed by atoms with Gasteiger partial charge in [-0.25, -0.2) is 4.99 Å². The number of carbonyl (C=O) groups is 2. The number of aromatic nitrogens is 1. The molecule has 1 aliphatic rings. The number of nitrogens with one attached hydrogen (secondary N) is 1. The molecule has 8 N–H and O–H groups in total. The summed E-state index contributed by atoms with van der Waals surface area (Å²) in [5.74, 6) is -1.89. The van der Waals surface area contributed by atoms with Gasteiger partial charge in [-0.3, -0.25) is 4.79 Å². The topological polar surface area (TPSA) is 225 Å². The van der Waals surface area contributed by atoms with Gasteiger partial charge in [0.25, 0.3) is 5.35 Å².